The van der Waals surface area contributed by atoms with Gasteiger partial charge in [-0.1, -0.05) is 390 Å². The van der Waals surface area contributed by atoms with Gasteiger partial charge in [-0.3, -0.25) is 10.3 Å². The number of carbonyl (C=O) groups is 1. The summed E-state index contributed by atoms with van der Waals surface area (Å²) in [6.45, 7) is 6.95. The highest BCUT2D eigenvalue weighted by Gasteiger charge is 2.50. The topological polar surface area (TPSA) is 128 Å². The van der Waals surface area contributed by atoms with E-state index in [-0.39, 0.29) is 45.2 Å². The lowest BCUT2D eigenvalue weighted by atomic mass is 9.97. The second kappa shape index (κ2) is 56.5. The predicted octanol–water partition coefficient (Wildman–Crippen LogP) is 23.7. The van der Waals surface area contributed by atoms with Gasteiger partial charge in [-0.15, -0.1) is 0 Å². The fraction of sp³-hybridized carbons (Fsp3) is 0.604. The summed E-state index contributed by atoms with van der Waals surface area (Å²) in [6.07, 6.45) is 46.3. The zero-order chi connectivity index (χ0) is 71.8. The van der Waals surface area contributed by atoms with Crippen molar-refractivity contribution >= 4 is 11.8 Å². The van der Waals surface area contributed by atoms with Crippen LogP contribution in [0.15, 0.2) is 176 Å². The molecule has 0 saturated carbocycles. The van der Waals surface area contributed by atoms with Gasteiger partial charge >= 0.3 is 6.09 Å². The summed E-state index contributed by atoms with van der Waals surface area (Å²) < 4.78 is 56.6. The smallest absolute Gasteiger partial charge is 0.411 e. The fourth-order valence-corrected chi connectivity index (χ4v) is 14.2. The maximum absolute atomic E-state index is 13.8. The lowest BCUT2D eigenvalue weighted by Crippen LogP contribution is -2.62. The average molecular weight is 1420 g/mol. The van der Waals surface area contributed by atoms with Crippen molar-refractivity contribution in [1.82, 2.24) is 10.3 Å². The lowest BCUT2D eigenvalue weighted by molar-refractivity contribution is -0.328. The third-order valence-corrected chi connectivity index (χ3v) is 20.3. The minimum Gasteiger partial charge on any atom is -0.446 e. The van der Waals surface area contributed by atoms with Gasteiger partial charge in [0.25, 0.3) is 0 Å². The number of amides is 1. The Balaban J connectivity index is 1.08. The number of unbranched alkanes of at least 4 members (excludes halogenated alkanes) is 34. The molecule has 12 heteroatoms. The van der Waals surface area contributed by atoms with Crippen LogP contribution in [0.1, 0.15) is 279 Å². The zero-order valence-corrected chi connectivity index (χ0v) is 63.8. The molecule has 12 nitrogen and oxygen atoms in total. The molecule has 2 N–H and O–H groups in total. The monoisotopic (exact) mass is 1410 g/mol. The molecule has 0 bridgehead atoms. The van der Waals surface area contributed by atoms with Crippen molar-refractivity contribution in [3.63, 3.8) is 0 Å². The summed E-state index contributed by atoms with van der Waals surface area (Å²) in [5, 5.41) is 6.94. The third kappa shape index (κ3) is 37.8. The fourth-order valence-electron chi connectivity index (χ4n) is 14.2. The van der Waals surface area contributed by atoms with Gasteiger partial charge in [-0.2, -0.15) is 0 Å². The van der Waals surface area contributed by atoms with Crippen molar-refractivity contribution in [2.24, 2.45) is 0 Å². The minimum absolute atomic E-state index is 0.175. The highest BCUT2D eigenvalue weighted by atomic mass is 16.7. The summed E-state index contributed by atoms with van der Waals surface area (Å²) in [5.41, 5.74) is 5.70. The largest absolute Gasteiger partial charge is 0.446 e. The Kier molecular flexibility index (Phi) is 46.3. The van der Waals surface area contributed by atoms with E-state index in [1.54, 1.807) is 24.5 Å². The number of carbonyl (C=O) groups excluding carboxylic acids is 1. The number of ether oxygens (including phenoxy) is 8. The Labute approximate surface area is 624 Å². The highest BCUT2D eigenvalue weighted by molar-refractivity contribution is 5.84. The molecule has 6 aromatic rings. The first kappa shape index (κ1) is 84.5. The third-order valence-electron chi connectivity index (χ3n) is 20.3. The number of nitrogens with zero attached hydrogens (tertiary/aromatic N) is 1. The van der Waals surface area contributed by atoms with Crippen LogP contribution in [-0.4, -0.2) is 79.8 Å². The molecule has 103 heavy (non-hydrogen) atoms. The molecule has 5 aromatic carbocycles. The Morgan fingerprint density at radius 3 is 1.15 bits per heavy atom. The molecule has 1 aliphatic heterocycles. The molecule has 7 rings (SSSR count). The van der Waals surface area contributed by atoms with Crippen LogP contribution in [0, 0.1) is 0 Å². The van der Waals surface area contributed by atoms with Crippen molar-refractivity contribution in [2.45, 2.75) is 333 Å². The number of aromatic nitrogens is 1. The minimum atomic E-state index is -1.03. The highest BCUT2D eigenvalue weighted by Crippen LogP contribution is 2.33. The van der Waals surface area contributed by atoms with Gasteiger partial charge in [0.15, 0.2) is 6.29 Å². The molecule has 1 aliphatic rings. The molecule has 1 fully saturated rings. The molecular formula is C91H135N3O9. The van der Waals surface area contributed by atoms with Crippen molar-refractivity contribution in [3.8, 4) is 0 Å². The summed E-state index contributed by atoms with van der Waals surface area (Å²) in [5.74, 6) is 0. The lowest BCUT2D eigenvalue weighted by Gasteiger charge is -2.46. The van der Waals surface area contributed by atoms with Crippen LogP contribution in [0.2, 0.25) is 0 Å². The average Bonchev–Trinajstić information content (AvgIpc) is 0.786. The van der Waals surface area contributed by atoms with Gasteiger partial charge in [0.1, 0.15) is 37.1 Å². The van der Waals surface area contributed by atoms with E-state index in [4.69, 9.17) is 37.9 Å². The normalized spacial score (nSPS) is 16.9. The molecule has 0 radical (unpaired) electrons. The first-order valence-electron chi connectivity index (χ1n) is 41.2. The quantitative estimate of drug-likeness (QED) is 0.0354. The molecule has 1 aromatic heterocycles. The van der Waals surface area contributed by atoms with E-state index in [2.05, 4.69) is 114 Å². The molecule has 1 saturated heterocycles. The predicted molar refractivity (Wildman–Crippen MR) is 423 cm³/mol. The van der Waals surface area contributed by atoms with Crippen molar-refractivity contribution in [2.75, 3.05) is 25.1 Å². The van der Waals surface area contributed by atoms with Crippen LogP contribution in [0.4, 0.5) is 10.5 Å². The maximum Gasteiger partial charge on any atom is 0.411 e. The van der Waals surface area contributed by atoms with Crippen LogP contribution in [-0.2, 0) is 70.9 Å². The Hall–Kier alpha value is -5.80. The number of nitrogens with one attached hydrogen (secondary N) is 2. The maximum atomic E-state index is 13.8. The van der Waals surface area contributed by atoms with E-state index >= 15 is 0 Å². The molecule has 2 heterocycles. The van der Waals surface area contributed by atoms with Crippen LogP contribution in [0.3, 0.4) is 0 Å². The van der Waals surface area contributed by atoms with Crippen LogP contribution >= 0.6 is 0 Å². The zero-order valence-electron chi connectivity index (χ0n) is 63.8. The Morgan fingerprint density at radius 2 is 0.738 bits per heavy atom. The van der Waals surface area contributed by atoms with Crippen molar-refractivity contribution < 1.29 is 42.7 Å². The van der Waals surface area contributed by atoms with Gasteiger partial charge < -0.3 is 43.2 Å². The van der Waals surface area contributed by atoms with Gasteiger partial charge in [0.2, 0.25) is 0 Å². The second-order valence-electron chi connectivity index (χ2n) is 29.1. The number of hydrogen-bond donors (Lipinski definition) is 2. The number of anilines is 1. The SMILES string of the molecule is CCCCCCCCCCCCCCCCCCCCCCCCCCN[C@@H](CO[C@@H]1O[C@@H](COC(=O)Nc2ccncc2)[C@@H](OCc2ccccc2)[C@@H](OCc2ccccc2)[C@@H]1OCc1ccccc1)[C@H](OCc1ccccc1)[C@@H](CCCCCCCCCCCCCC)OCc1ccccc1. The van der Waals surface area contributed by atoms with E-state index in [1.165, 1.54) is 205 Å². The van der Waals surface area contributed by atoms with Gasteiger partial charge in [-0.25, -0.2) is 4.79 Å². The molecule has 0 unspecified atom stereocenters. The van der Waals surface area contributed by atoms with E-state index in [9.17, 15) is 4.79 Å². The number of pyridine rings is 1. The van der Waals surface area contributed by atoms with Crippen molar-refractivity contribution in [3.05, 3.63) is 204 Å². The molecule has 8 atom stereocenters. The summed E-state index contributed by atoms with van der Waals surface area (Å²) in [7, 11) is 0. The summed E-state index contributed by atoms with van der Waals surface area (Å²) in [4.78, 5) is 17.9. The molecular weight excluding hydrogens is 1280 g/mol. The summed E-state index contributed by atoms with van der Waals surface area (Å²) in [6, 6.07) is 54.5. The van der Waals surface area contributed by atoms with Crippen LogP contribution in [0.25, 0.3) is 0 Å². The Bertz CT molecular complexity index is 2900. The second-order valence-corrected chi connectivity index (χ2v) is 29.1. The van der Waals surface area contributed by atoms with E-state index in [0.29, 0.717) is 18.9 Å². The molecule has 1 amide bonds. The van der Waals surface area contributed by atoms with Gasteiger partial charge in [0, 0.05) is 18.1 Å². The molecule has 0 aliphatic carbocycles. The van der Waals surface area contributed by atoms with Gasteiger partial charge in [0.05, 0.1) is 51.8 Å². The van der Waals surface area contributed by atoms with Crippen LogP contribution in [0.5, 0.6) is 0 Å². The first-order valence-corrected chi connectivity index (χ1v) is 41.2. The summed E-state index contributed by atoms with van der Waals surface area (Å²) >= 11 is 0. The van der Waals surface area contributed by atoms with Crippen LogP contribution < -0.4 is 10.6 Å². The van der Waals surface area contributed by atoms with E-state index in [0.717, 1.165) is 66.5 Å². The van der Waals surface area contributed by atoms with E-state index in [1.807, 2.05) is 66.7 Å². The number of benzene rings is 5. The first-order chi connectivity index (χ1) is 51.1. The number of hydrogen-bond acceptors (Lipinski definition) is 11. The van der Waals surface area contributed by atoms with E-state index < -0.39 is 42.9 Å². The van der Waals surface area contributed by atoms with Crippen molar-refractivity contribution in [1.29, 1.82) is 0 Å². The molecule has 0 spiro atoms. The standard InChI is InChI=1S/C91H135N3O9/c1-3-5-7-9-11-13-15-17-18-19-20-21-22-23-24-25-26-27-28-30-32-34-36-53-67-93-83(86(97-71-78-56-44-38-45-57-78)84(96-70-77-54-42-37-43-55-77)64-52-35-33-31-29-16-14-12-10-8-6-4-2)75-101-90-89(100-74-81-62-50-41-51-63-81)88(99-73-80-60-48-40-49-61-80)87(98-72-79-58-46-39-47-59-79)85(103-90)76-102-91(95)94-82-65-68-92-69-66-82/h37-51,54-63,65-66,68-69,83-90,93H,3-36,52-53,64,67,70-76H2,1-2H3,(H,92,94,95)/t83-,84+,85-,86-,87+,88+,89-,90+/m0/s1. The number of rotatable bonds is 62. The molecule has 568 valence electrons. The van der Waals surface area contributed by atoms with Gasteiger partial charge in [-0.05, 0) is 59.3 Å². The Morgan fingerprint density at radius 1 is 0.388 bits per heavy atom.